The minimum Gasteiger partial charge on any atom is -0.481 e. The summed E-state index contributed by atoms with van der Waals surface area (Å²) in [7, 11) is 0. The molecule has 7 nitrogen and oxygen atoms in total. The molecule has 3 fully saturated rings. The zero-order chi connectivity index (χ0) is 24.9. The first kappa shape index (κ1) is 25.5. The largest absolute Gasteiger partial charge is 0.481 e. The van der Waals surface area contributed by atoms with Gasteiger partial charge in [-0.2, -0.15) is 0 Å². The molecule has 1 aromatic rings. The summed E-state index contributed by atoms with van der Waals surface area (Å²) in [4.78, 5) is 43.4. The lowest BCUT2D eigenvalue weighted by Crippen LogP contribution is -2.59. The third kappa shape index (κ3) is 3.70. The van der Waals surface area contributed by atoms with Gasteiger partial charge in [-0.1, -0.05) is 59.6 Å². The molecule has 4 rings (SSSR count). The molecule has 10 heteroatoms. The van der Waals surface area contributed by atoms with Crippen LogP contribution < -0.4 is 4.90 Å². The highest BCUT2D eigenvalue weighted by Gasteiger charge is 2.76. The number of nitrogens with zero attached hydrogens (tertiary/aromatic N) is 2. The van der Waals surface area contributed by atoms with Gasteiger partial charge >= 0.3 is 5.97 Å². The number of rotatable bonds is 8. The van der Waals surface area contributed by atoms with Gasteiger partial charge in [-0.3, -0.25) is 14.4 Å². The zero-order valence-corrected chi connectivity index (χ0v) is 22.1. The molecule has 0 aromatic heterocycles. The third-order valence-corrected chi connectivity index (χ3v) is 10.8. The van der Waals surface area contributed by atoms with E-state index in [1.807, 2.05) is 13.8 Å². The quantitative estimate of drug-likeness (QED) is 0.367. The topological polar surface area (TPSA) is 98.2 Å². The fourth-order valence-electron chi connectivity index (χ4n) is 5.86. The summed E-state index contributed by atoms with van der Waals surface area (Å²) in [6.45, 7) is 7.39. The summed E-state index contributed by atoms with van der Waals surface area (Å²) in [5.74, 6) is -3.64. The van der Waals surface area contributed by atoms with Crippen LogP contribution in [0.4, 0.5) is 5.69 Å². The SMILES string of the molecule is C=CCN(C(=O)C1N([C@@H](CO)C(C)C)C(=O)[C@@H]2[C@@H](C(=O)O)[C@@H]3SC12CC3Br)c1ccccc1Cl. The second-order valence-corrected chi connectivity index (χ2v) is 12.6. The number of anilines is 1. The summed E-state index contributed by atoms with van der Waals surface area (Å²) >= 11 is 11.5. The number of alkyl halides is 1. The van der Waals surface area contributed by atoms with Crippen LogP contribution >= 0.6 is 39.3 Å². The Morgan fingerprint density at radius 2 is 2.09 bits per heavy atom. The molecule has 34 heavy (non-hydrogen) atoms. The van der Waals surface area contributed by atoms with Gasteiger partial charge in [0, 0.05) is 16.6 Å². The molecule has 0 aliphatic carbocycles. The number of benzene rings is 1. The van der Waals surface area contributed by atoms with E-state index in [2.05, 4.69) is 22.5 Å². The molecule has 1 spiro atoms. The molecule has 7 atom stereocenters. The molecule has 3 saturated heterocycles. The minimum atomic E-state index is -1.03. The van der Waals surface area contributed by atoms with Crippen LogP contribution in [0.2, 0.25) is 5.02 Å². The number of hydrogen-bond donors (Lipinski definition) is 2. The van der Waals surface area contributed by atoms with Crippen LogP contribution in [-0.2, 0) is 14.4 Å². The molecule has 3 heterocycles. The van der Waals surface area contributed by atoms with E-state index in [0.29, 0.717) is 17.1 Å². The molecule has 3 aliphatic rings. The van der Waals surface area contributed by atoms with Crippen LogP contribution in [0.3, 0.4) is 0 Å². The Morgan fingerprint density at radius 3 is 2.65 bits per heavy atom. The van der Waals surface area contributed by atoms with Gasteiger partial charge in [0.05, 0.1) is 39.9 Å². The summed E-state index contributed by atoms with van der Waals surface area (Å²) in [6.07, 6.45) is 2.08. The number of likely N-dealkylation sites (tertiary alicyclic amines) is 1. The van der Waals surface area contributed by atoms with Gasteiger partial charge < -0.3 is 20.0 Å². The van der Waals surface area contributed by atoms with Gasteiger partial charge in [0.15, 0.2) is 0 Å². The molecule has 2 bridgehead atoms. The van der Waals surface area contributed by atoms with E-state index in [-0.39, 0.29) is 41.0 Å². The monoisotopic (exact) mass is 570 g/mol. The van der Waals surface area contributed by atoms with E-state index >= 15 is 0 Å². The highest BCUT2D eigenvalue weighted by atomic mass is 79.9. The highest BCUT2D eigenvalue weighted by molar-refractivity contribution is 9.09. The van der Waals surface area contributed by atoms with Gasteiger partial charge in [-0.05, 0) is 24.5 Å². The van der Waals surface area contributed by atoms with Gasteiger partial charge in [-0.15, -0.1) is 18.3 Å². The van der Waals surface area contributed by atoms with Crippen molar-refractivity contribution in [3.63, 3.8) is 0 Å². The Hall–Kier alpha value is -1.55. The molecule has 0 saturated carbocycles. The second kappa shape index (κ2) is 9.48. The van der Waals surface area contributed by atoms with Crippen LogP contribution in [0.25, 0.3) is 0 Å². The maximum absolute atomic E-state index is 14.4. The predicted molar refractivity (Wildman–Crippen MR) is 136 cm³/mol. The molecule has 2 amide bonds. The van der Waals surface area contributed by atoms with Crippen molar-refractivity contribution in [2.75, 3.05) is 18.1 Å². The summed E-state index contributed by atoms with van der Waals surface area (Å²) < 4.78 is -0.918. The Morgan fingerprint density at radius 1 is 1.41 bits per heavy atom. The number of aliphatic carboxylic acids is 1. The van der Waals surface area contributed by atoms with Crippen molar-refractivity contribution in [1.82, 2.24) is 4.90 Å². The van der Waals surface area contributed by atoms with Crippen molar-refractivity contribution >= 4 is 62.8 Å². The smallest absolute Gasteiger partial charge is 0.308 e. The normalized spacial score (nSPS) is 32.7. The maximum Gasteiger partial charge on any atom is 0.308 e. The minimum absolute atomic E-state index is 0.141. The number of thioether (sulfide) groups is 1. The molecule has 2 N–H and O–H groups in total. The molecule has 1 aromatic carbocycles. The number of hydrogen-bond acceptors (Lipinski definition) is 5. The van der Waals surface area contributed by atoms with Crippen molar-refractivity contribution in [3.05, 3.63) is 41.9 Å². The summed E-state index contributed by atoms with van der Waals surface area (Å²) in [5.41, 5.74) is 0.495. The van der Waals surface area contributed by atoms with Crippen LogP contribution in [0, 0.1) is 17.8 Å². The number of aliphatic hydroxyl groups is 1. The molecular formula is C24H28BrClN2O5S. The van der Waals surface area contributed by atoms with Gasteiger partial charge in [-0.25, -0.2) is 0 Å². The van der Waals surface area contributed by atoms with Gasteiger partial charge in [0.2, 0.25) is 5.91 Å². The van der Waals surface area contributed by atoms with E-state index in [4.69, 9.17) is 11.6 Å². The van der Waals surface area contributed by atoms with Crippen LogP contribution in [0.1, 0.15) is 20.3 Å². The number of carbonyl (C=O) groups excluding carboxylic acids is 2. The fraction of sp³-hybridized carbons (Fsp3) is 0.542. The molecule has 3 aliphatic heterocycles. The Balaban J connectivity index is 1.88. The van der Waals surface area contributed by atoms with Crippen LogP contribution in [-0.4, -0.2) is 73.0 Å². The molecule has 184 valence electrons. The summed E-state index contributed by atoms with van der Waals surface area (Å²) in [5, 5.41) is 20.4. The van der Waals surface area contributed by atoms with Crippen molar-refractivity contribution in [1.29, 1.82) is 0 Å². The summed E-state index contributed by atoms with van der Waals surface area (Å²) in [6, 6.07) is 5.40. The van der Waals surface area contributed by atoms with Gasteiger partial charge in [0.25, 0.3) is 5.91 Å². The average molecular weight is 572 g/mol. The molecule has 3 unspecified atom stereocenters. The van der Waals surface area contributed by atoms with Crippen molar-refractivity contribution in [3.8, 4) is 0 Å². The number of carboxylic acids is 1. The Labute approximate surface area is 216 Å². The average Bonchev–Trinajstić information content (AvgIpc) is 3.36. The first-order valence-corrected chi connectivity index (χ1v) is 13.4. The first-order chi connectivity index (χ1) is 16.1. The Kier molecular flexibility index (Phi) is 7.12. The van der Waals surface area contributed by atoms with E-state index in [9.17, 15) is 24.6 Å². The predicted octanol–water partition coefficient (Wildman–Crippen LogP) is 3.43. The number of aliphatic hydroxyl groups excluding tert-OH is 1. The second-order valence-electron chi connectivity index (χ2n) is 9.43. The van der Waals surface area contributed by atoms with E-state index < -0.39 is 34.6 Å². The number of halogens is 2. The lowest BCUT2D eigenvalue weighted by molar-refractivity contribution is -0.149. The number of fused-ring (bicyclic) bond motifs is 1. The van der Waals surface area contributed by atoms with E-state index in [0.717, 1.165) is 0 Å². The van der Waals surface area contributed by atoms with Crippen molar-refractivity contribution in [2.24, 2.45) is 17.8 Å². The Bertz CT molecular complexity index is 1020. The number of carboxylic acid groups (broad SMARTS) is 1. The van der Waals surface area contributed by atoms with E-state index in [1.165, 1.54) is 21.6 Å². The fourth-order valence-corrected chi connectivity index (χ4v) is 9.68. The number of amides is 2. The zero-order valence-electron chi connectivity index (χ0n) is 18.9. The lowest BCUT2D eigenvalue weighted by atomic mass is 9.71. The van der Waals surface area contributed by atoms with E-state index in [1.54, 1.807) is 30.3 Å². The molecule has 0 radical (unpaired) electrons. The first-order valence-electron chi connectivity index (χ1n) is 11.2. The highest BCUT2D eigenvalue weighted by Crippen LogP contribution is 2.68. The third-order valence-electron chi connectivity index (χ3n) is 7.28. The maximum atomic E-state index is 14.4. The van der Waals surface area contributed by atoms with Crippen LogP contribution in [0.15, 0.2) is 36.9 Å². The standard InChI is InChI=1S/C24H28BrClN2O5S/c1-4-9-27(15-8-6-5-7-14(15)26)22(31)20-24-10-13(25)19(34-24)17(23(32)33)18(24)21(30)28(20)16(11-29)12(2)3/h4-8,12-13,16-20,29H,1,9-11H2,2-3H3,(H,32,33)/t13?,16-,17+,18-,19+,20?,24?/m0/s1. The number of carbonyl (C=O) groups is 3. The van der Waals surface area contributed by atoms with Crippen molar-refractivity contribution in [2.45, 2.75) is 47.2 Å². The van der Waals surface area contributed by atoms with Crippen molar-refractivity contribution < 1.29 is 24.6 Å². The van der Waals surface area contributed by atoms with Crippen LogP contribution in [0.5, 0.6) is 0 Å². The number of para-hydroxylation sites is 1. The van der Waals surface area contributed by atoms with Gasteiger partial charge in [0.1, 0.15) is 6.04 Å². The lowest BCUT2D eigenvalue weighted by Gasteiger charge is -2.41. The molecular weight excluding hydrogens is 544 g/mol.